The van der Waals surface area contributed by atoms with Gasteiger partial charge in [0.2, 0.25) is 27.7 Å². The van der Waals surface area contributed by atoms with Crippen molar-refractivity contribution in [1.29, 1.82) is 0 Å². The first-order chi connectivity index (χ1) is 40.7. The van der Waals surface area contributed by atoms with E-state index in [2.05, 4.69) is 30.6 Å². The molecule has 7 aromatic rings. The average Bonchev–Trinajstić information content (AvgIpc) is 2.91. The quantitative estimate of drug-likeness (QED) is 0.0446. The van der Waals surface area contributed by atoms with Gasteiger partial charge in [0.25, 0.3) is 11.8 Å². The van der Waals surface area contributed by atoms with Crippen LogP contribution >= 0.6 is 22.7 Å². The van der Waals surface area contributed by atoms with Gasteiger partial charge in [0.05, 0.1) is 50.4 Å². The maximum atomic E-state index is 14.5. The van der Waals surface area contributed by atoms with Gasteiger partial charge in [-0.25, -0.2) is 28.1 Å². The smallest absolute Gasteiger partial charge is 0.284 e. The predicted molar refractivity (Wildman–Crippen MR) is 332 cm³/mol. The summed E-state index contributed by atoms with van der Waals surface area (Å²) in [5.74, 6) is -1.99. The lowest BCUT2D eigenvalue weighted by atomic mass is 9.85. The van der Waals surface area contributed by atoms with Crippen LogP contribution in [-0.4, -0.2) is 110 Å². The zero-order chi connectivity index (χ0) is 60.2. The number of β-amino-alcohol motifs (C(OH)–C–C–N with tert-alkyl or cyclic N) is 1. The average molecular weight is 1210 g/mol. The first kappa shape index (κ1) is 60.7. The number of aromatic nitrogens is 5. The molecule has 5 amide bonds. The highest BCUT2D eigenvalue weighted by Gasteiger charge is 2.45. The Kier molecular flexibility index (Phi) is 18.6. The summed E-state index contributed by atoms with van der Waals surface area (Å²) in [5, 5.41) is 24.9. The van der Waals surface area contributed by atoms with E-state index in [1.165, 1.54) is 35.5 Å². The number of thiazole rings is 2. The number of nitrogens with one attached hydrogen (secondary N) is 4. The monoisotopic (exact) mass is 1210 g/mol. The lowest BCUT2D eigenvalue weighted by Crippen LogP contribution is -2.57. The second kappa shape index (κ2) is 26.1. The van der Waals surface area contributed by atoms with E-state index in [0.29, 0.717) is 65.9 Å². The number of rotatable bonds is 20. The molecule has 19 nitrogen and oxygen atoms in total. The van der Waals surface area contributed by atoms with E-state index in [0.717, 1.165) is 68.1 Å². The minimum absolute atomic E-state index is 0.0121. The lowest BCUT2D eigenvalue weighted by molar-refractivity contribution is -0.144. The summed E-state index contributed by atoms with van der Waals surface area (Å²) in [6, 6.07) is 22.4. The maximum Gasteiger partial charge on any atom is 0.284 e. The molecule has 448 valence electrons. The van der Waals surface area contributed by atoms with Gasteiger partial charge in [0.1, 0.15) is 23.6 Å². The number of carbonyl (C=O) groups excluding carboxylic acids is 5. The number of unbranched alkanes of at least 4 members (excludes halogenated alkanes) is 2. The number of nitrogens with zero attached hydrogens (tertiary/aromatic N) is 7. The number of likely N-dealkylation sites (tertiary alicyclic amines) is 1. The molecule has 0 unspecified atom stereocenters. The number of sulfonamides is 1. The first-order valence-electron chi connectivity index (χ1n) is 29.4. The standard InChI is InChI=1S/C63H75N11O8S3/c1-38(42-23-25-44(26-24-42)56-39(2)64-37-83-56)66-59(78)51-32-45(75)35-73(51)61(80)57(63(4,5)6)69-54(76)22-11-8-14-31-85(81,82)71-60(79)55-46(48-33-65-74(40(48)3)34-41-16-9-7-10-17-41)27-28-53(68-55)72-30-29-43-18-15-19-47(49(43)36-72)58(77)70-62-67-50-20-12-13-21-52(50)84-62/h12-13,15,18-21,23-28,33,37-38,41,45,51,57,75H,7-11,14,16-17,22,29-32,34-36H2,1-6H3,(H,66,78)(H,69,76)(H,71,79)(H,67,70,77)/t38-,45+,51-,57+/m0/s1. The number of anilines is 2. The number of amides is 5. The van der Waals surface area contributed by atoms with Gasteiger partial charge in [-0.05, 0) is 117 Å². The van der Waals surface area contributed by atoms with Crippen LogP contribution in [0.25, 0.3) is 31.8 Å². The molecule has 85 heavy (non-hydrogen) atoms. The Hall–Kier alpha value is -7.40. The summed E-state index contributed by atoms with van der Waals surface area (Å²) in [5.41, 5.74) is 8.84. The molecule has 0 radical (unpaired) electrons. The Labute approximate surface area is 504 Å². The number of pyridine rings is 1. The van der Waals surface area contributed by atoms with Crippen LogP contribution in [0, 0.1) is 25.2 Å². The van der Waals surface area contributed by atoms with E-state index in [-0.39, 0.29) is 37.4 Å². The number of aliphatic hydroxyl groups is 1. The molecule has 10 rings (SSSR count). The van der Waals surface area contributed by atoms with Crippen molar-refractivity contribution >= 4 is 83.4 Å². The van der Waals surface area contributed by atoms with E-state index in [1.54, 1.807) is 35.2 Å². The molecule has 2 fully saturated rings. The Balaban J connectivity index is 0.771. The van der Waals surface area contributed by atoms with Gasteiger partial charge in [-0.1, -0.05) is 106 Å². The Morgan fingerprint density at radius 3 is 2.38 bits per heavy atom. The molecule has 1 aliphatic carbocycles. The van der Waals surface area contributed by atoms with Gasteiger partial charge in [-0.15, -0.1) is 11.3 Å². The molecule has 5 N–H and O–H groups in total. The highest BCUT2D eigenvalue weighted by Crippen LogP contribution is 2.35. The molecule has 4 aromatic heterocycles. The fourth-order valence-corrected chi connectivity index (χ4v) is 14.6. The van der Waals surface area contributed by atoms with Crippen LogP contribution in [0.5, 0.6) is 0 Å². The molecule has 22 heteroatoms. The number of hydrogen-bond acceptors (Lipinski definition) is 15. The molecule has 3 aromatic carbocycles. The van der Waals surface area contributed by atoms with Crippen LogP contribution in [-0.2, 0) is 43.9 Å². The van der Waals surface area contributed by atoms with Gasteiger partial charge in [-0.3, -0.25) is 34.0 Å². The molecular weight excluding hydrogens is 1130 g/mol. The zero-order valence-electron chi connectivity index (χ0n) is 49.0. The van der Waals surface area contributed by atoms with Gasteiger partial charge < -0.3 is 25.5 Å². The topological polar surface area (TPSA) is 251 Å². The first-order valence-corrected chi connectivity index (χ1v) is 32.7. The highest BCUT2D eigenvalue weighted by molar-refractivity contribution is 7.90. The number of para-hydroxylation sites is 1. The lowest BCUT2D eigenvalue weighted by Gasteiger charge is -2.35. The zero-order valence-corrected chi connectivity index (χ0v) is 51.5. The second-order valence-corrected chi connectivity index (χ2v) is 27.6. The van der Waals surface area contributed by atoms with Crippen molar-refractivity contribution in [3.05, 3.63) is 130 Å². The Bertz CT molecular complexity index is 3680. The van der Waals surface area contributed by atoms with Gasteiger partial charge >= 0.3 is 0 Å². The minimum Gasteiger partial charge on any atom is -0.391 e. The Morgan fingerprint density at radius 2 is 1.64 bits per heavy atom. The number of aryl methyl sites for hydroxylation is 1. The molecule has 0 bridgehead atoms. The number of carbonyl (C=O) groups is 5. The fraction of sp³-hybridized carbons (Fsp3) is 0.444. The number of fused-ring (bicyclic) bond motifs is 2. The summed E-state index contributed by atoms with van der Waals surface area (Å²) in [6.45, 7) is 12.7. The maximum absolute atomic E-state index is 14.5. The van der Waals surface area contributed by atoms with E-state index in [1.807, 2.05) is 118 Å². The van der Waals surface area contributed by atoms with Gasteiger partial charge in [0.15, 0.2) is 5.13 Å². The minimum atomic E-state index is -4.22. The van der Waals surface area contributed by atoms with Crippen LogP contribution in [0.15, 0.2) is 90.6 Å². The molecular formula is C63H75N11O8S3. The van der Waals surface area contributed by atoms with Crippen molar-refractivity contribution < 1.29 is 37.5 Å². The highest BCUT2D eigenvalue weighted by atomic mass is 32.2. The van der Waals surface area contributed by atoms with E-state index >= 15 is 0 Å². The summed E-state index contributed by atoms with van der Waals surface area (Å²) >= 11 is 2.95. The van der Waals surface area contributed by atoms with Crippen molar-refractivity contribution in [2.24, 2.45) is 11.3 Å². The van der Waals surface area contributed by atoms with Crippen LogP contribution in [0.1, 0.15) is 147 Å². The summed E-state index contributed by atoms with van der Waals surface area (Å²) < 4.78 is 32.8. The molecule has 3 aliphatic rings. The molecule has 1 saturated carbocycles. The van der Waals surface area contributed by atoms with Crippen LogP contribution in [0.4, 0.5) is 10.9 Å². The normalized spacial score (nSPS) is 17.3. The van der Waals surface area contributed by atoms with Gasteiger partial charge in [0, 0.05) is 61.4 Å². The van der Waals surface area contributed by atoms with Crippen molar-refractivity contribution in [2.45, 2.75) is 149 Å². The molecule has 0 spiro atoms. The molecule has 4 atom stereocenters. The predicted octanol–water partition coefficient (Wildman–Crippen LogP) is 9.68. The third-order valence-electron chi connectivity index (χ3n) is 16.6. The summed E-state index contributed by atoms with van der Waals surface area (Å²) in [7, 11) is -4.22. The summed E-state index contributed by atoms with van der Waals surface area (Å²) in [6.07, 6.45) is 7.96. The van der Waals surface area contributed by atoms with Crippen molar-refractivity contribution in [3.8, 4) is 21.6 Å². The molecule has 1 saturated heterocycles. The van der Waals surface area contributed by atoms with E-state index in [9.17, 15) is 37.5 Å². The third-order valence-corrected chi connectivity index (χ3v) is 19.9. The largest absolute Gasteiger partial charge is 0.391 e. The Morgan fingerprint density at radius 1 is 0.859 bits per heavy atom. The van der Waals surface area contributed by atoms with Crippen LogP contribution in [0.2, 0.25) is 0 Å². The van der Waals surface area contributed by atoms with Crippen molar-refractivity contribution in [3.63, 3.8) is 0 Å². The summed E-state index contributed by atoms with van der Waals surface area (Å²) in [4.78, 5) is 88.4. The number of hydrogen-bond donors (Lipinski definition) is 5. The van der Waals surface area contributed by atoms with Gasteiger partial charge in [-0.2, -0.15) is 5.10 Å². The molecule has 2 aliphatic heterocycles. The number of aliphatic hydroxyl groups excluding tert-OH is 1. The SMILES string of the molecule is Cc1ncsc1-c1ccc([C@H](C)NC(=O)[C@@H]2C[C@@H](O)CN2C(=O)[C@@H](NC(=O)CCCCCS(=O)(=O)NC(=O)c2nc(N3CCc4cccc(C(=O)Nc5nc6ccccc6s5)c4C3)ccc2-c2cnn(CC3CCCCC3)c2C)C(C)(C)C)cc1. The molecule has 6 heterocycles. The number of benzene rings is 3. The van der Waals surface area contributed by atoms with Crippen molar-refractivity contribution in [1.82, 2.24) is 45.0 Å². The van der Waals surface area contributed by atoms with E-state index in [4.69, 9.17) is 10.1 Å². The van der Waals surface area contributed by atoms with Crippen LogP contribution < -0.4 is 25.6 Å². The van der Waals surface area contributed by atoms with Crippen LogP contribution in [0.3, 0.4) is 0 Å². The second-order valence-electron chi connectivity index (χ2n) is 23.9. The van der Waals surface area contributed by atoms with Crippen molar-refractivity contribution in [2.75, 3.05) is 29.1 Å². The fourth-order valence-electron chi connectivity index (χ4n) is 11.8. The van der Waals surface area contributed by atoms with E-state index < -0.39 is 69.0 Å². The third kappa shape index (κ3) is 14.3.